The summed E-state index contributed by atoms with van der Waals surface area (Å²) in [5.41, 5.74) is 1.23. The smallest absolute Gasteiger partial charge is 0.124 e. The summed E-state index contributed by atoms with van der Waals surface area (Å²) in [6, 6.07) is 14.9. The molecule has 0 fully saturated rings. The Labute approximate surface area is 123 Å². The minimum absolute atomic E-state index is 0.200. The van der Waals surface area contributed by atoms with E-state index < -0.39 is 0 Å². The fourth-order valence-electron chi connectivity index (χ4n) is 1.75. The highest BCUT2D eigenvalue weighted by molar-refractivity contribution is 7.99. The third-order valence-electron chi connectivity index (χ3n) is 2.77. The van der Waals surface area contributed by atoms with E-state index >= 15 is 0 Å². The van der Waals surface area contributed by atoms with Crippen LogP contribution in [0.1, 0.15) is 5.56 Å². The molecule has 0 saturated heterocycles. The third kappa shape index (κ3) is 4.96. The highest BCUT2D eigenvalue weighted by Gasteiger charge is 1.99. The highest BCUT2D eigenvalue weighted by atomic mass is 32.2. The summed E-state index contributed by atoms with van der Waals surface area (Å²) in [6.45, 7) is 2.39. The Hall–Kier alpha value is -1.36. The van der Waals surface area contributed by atoms with Crippen LogP contribution in [-0.2, 0) is 11.3 Å². The van der Waals surface area contributed by atoms with Crippen molar-refractivity contribution in [2.75, 3.05) is 20.3 Å². The van der Waals surface area contributed by atoms with Crippen LogP contribution in [0.25, 0.3) is 0 Å². The van der Waals surface area contributed by atoms with Crippen molar-refractivity contribution in [2.45, 2.75) is 16.3 Å². The first-order valence-electron chi connectivity index (χ1n) is 6.50. The quantitative estimate of drug-likeness (QED) is 0.786. The fraction of sp³-hybridized carbons (Fsp3) is 0.250. The zero-order valence-electron chi connectivity index (χ0n) is 11.4. The van der Waals surface area contributed by atoms with E-state index in [2.05, 4.69) is 29.6 Å². The maximum Gasteiger partial charge on any atom is 0.124 e. The van der Waals surface area contributed by atoms with E-state index in [9.17, 15) is 4.39 Å². The van der Waals surface area contributed by atoms with Gasteiger partial charge in [-0.1, -0.05) is 30.0 Å². The van der Waals surface area contributed by atoms with E-state index in [0.29, 0.717) is 6.61 Å². The van der Waals surface area contributed by atoms with Gasteiger partial charge in [-0.3, -0.25) is 0 Å². The van der Waals surface area contributed by atoms with Crippen LogP contribution in [0, 0.1) is 5.82 Å². The molecule has 20 heavy (non-hydrogen) atoms. The lowest BCUT2D eigenvalue weighted by molar-refractivity contribution is 0.199. The van der Waals surface area contributed by atoms with Gasteiger partial charge in [0.25, 0.3) is 0 Å². The number of hydrogen-bond acceptors (Lipinski definition) is 3. The van der Waals surface area contributed by atoms with Crippen LogP contribution in [0.4, 0.5) is 4.39 Å². The number of halogens is 1. The molecular weight excluding hydrogens is 273 g/mol. The number of ether oxygens (including phenoxy) is 1. The van der Waals surface area contributed by atoms with Crippen molar-refractivity contribution < 1.29 is 9.13 Å². The van der Waals surface area contributed by atoms with Crippen molar-refractivity contribution in [2.24, 2.45) is 0 Å². The lowest BCUT2D eigenvalue weighted by Gasteiger charge is -2.06. The zero-order chi connectivity index (χ0) is 14.2. The van der Waals surface area contributed by atoms with Crippen molar-refractivity contribution >= 4 is 11.8 Å². The molecule has 2 aromatic rings. The predicted molar refractivity (Wildman–Crippen MR) is 80.5 cm³/mol. The molecule has 1 N–H and O–H groups in total. The summed E-state index contributed by atoms with van der Waals surface area (Å²) >= 11 is 1.56. The van der Waals surface area contributed by atoms with E-state index in [1.165, 1.54) is 11.6 Å². The molecule has 0 amide bonds. The molecule has 0 atom stereocenters. The van der Waals surface area contributed by atoms with Gasteiger partial charge in [0, 0.05) is 30.0 Å². The van der Waals surface area contributed by atoms with E-state index in [-0.39, 0.29) is 5.82 Å². The first-order valence-corrected chi connectivity index (χ1v) is 7.31. The van der Waals surface area contributed by atoms with Crippen molar-refractivity contribution in [1.29, 1.82) is 0 Å². The predicted octanol–water partition coefficient (Wildman–Crippen LogP) is 3.71. The van der Waals surface area contributed by atoms with Crippen LogP contribution in [0.5, 0.6) is 0 Å². The average Bonchev–Trinajstić information content (AvgIpc) is 2.45. The molecule has 106 valence electrons. The van der Waals surface area contributed by atoms with Gasteiger partial charge in [0.2, 0.25) is 0 Å². The van der Waals surface area contributed by atoms with Gasteiger partial charge in [0.1, 0.15) is 5.82 Å². The third-order valence-corrected chi connectivity index (χ3v) is 3.76. The van der Waals surface area contributed by atoms with Gasteiger partial charge in [-0.05, 0) is 35.9 Å². The lowest BCUT2D eigenvalue weighted by atomic mass is 10.2. The molecule has 2 nitrogen and oxygen atoms in total. The second-order valence-corrected chi connectivity index (χ2v) is 5.52. The Morgan fingerprint density at radius 3 is 2.60 bits per heavy atom. The van der Waals surface area contributed by atoms with Crippen LogP contribution in [-0.4, -0.2) is 20.3 Å². The second-order valence-electron chi connectivity index (χ2n) is 4.37. The summed E-state index contributed by atoms with van der Waals surface area (Å²) in [6.07, 6.45) is 0. The molecule has 2 rings (SSSR count). The molecule has 0 bridgehead atoms. The van der Waals surface area contributed by atoms with Crippen molar-refractivity contribution in [3.8, 4) is 0 Å². The fourth-order valence-corrected chi connectivity index (χ4v) is 2.61. The molecule has 0 heterocycles. The van der Waals surface area contributed by atoms with Crippen molar-refractivity contribution in [3.63, 3.8) is 0 Å². The monoisotopic (exact) mass is 291 g/mol. The topological polar surface area (TPSA) is 21.3 Å². The first-order chi connectivity index (χ1) is 9.78. The molecule has 0 radical (unpaired) electrons. The molecule has 0 aliphatic heterocycles. The van der Waals surface area contributed by atoms with Gasteiger partial charge < -0.3 is 10.1 Å². The number of benzene rings is 2. The molecule has 4 heteroatoms. The van der Waals surface area contributed by atoms with Crippen LogP contribution < -0.4 is 5.32 Å². The van der Waals surface area contributed by atoms with Gasteiger partial charge in [-0.2, -0.15) is 0 Å². The Bertz CT molecular complexity index is 530. The normalized spacial score (nSPS) is 10.7. The Kier molecular flexibility index (Phi) is 6.05. The highest BCUT2D eigenvalue weighted by Crippen LogP contribution is 2.28. The zero-order valence-corrected chi connectivity index (χ0v) is 12.3. The maximum absolute atomic E-state index is 13.1. The summed E-state index contributed by atoms with van der Waals surface area (Å²) in [5.74, 6) is -0.200. The van der Waals surface area contributed by atoms with Crippen molar-refractivity contribution in [3.05, 3.63) is 59.9 Å². The average molecular weight is 291 g/mol. The molecular formula is C16H18FNOS. The number of rotatable bonds is 7. The molecule has 0 saturated carbocycles. The van der Waals surface area contributed by atoms with Gasteiger partial charge >= 0.3 is 0 Å². The Morgan fingerprint density at radius 2 is 1.90 bits per heavy atom. The largest absolute Gasteiger partial charge is 0.383 e. The molecule has 2 aromatic carbocycles. The van der Waals surface area contributed by atoms with Gasteiger partial charge in [0.15, 0.2) is 0 Å². The van der Waals surface area contributed by atoms with E-state index in [4.69, 9.17) is 4.74 Å². The standard InChI is InChI=1S/C16H18FNOS/c1-19-10-9-18-12-13-5-7-15(8-6-13)20-16-4-2-3-14(17)11-16/h2-8,11,18H,9-10,12H2,1H3. The number of hydrogen-bond donors (Lipinski definition) is 1. The van der Waals surface area contributed by atoms with Gasteiger partial charge in [-0.15, -0.1) is 0 Å². The number of methoxy groups -OCH3 is 1. The SMILES string of the molecule is COCCNCc1ccc(Sc2cccc(F)c2)cc1. The molecule has 0 spiro atoms. The summed E-state index contributed by atoms with van der Waals surface area (Å²) < 4.78 is 18.1. The maximum atomic E-state index is 13.1. The van der Waals surface area contributed by atoms with Crippen LogP contribution in [0.15, 0.2) is 58.3 Å². The van der Waals surface area contributed by atoms with E-state index in [1.807, 2.05) is 6.07 Å². The minimum Gasteiger partial charge on any atom is -0.383 e. The molecule has 0 unspecified atom stereocenters. The molecule has 0 aliphatic carbocycles. The van der Waals surface area contributed by atoms with Crippen LogP contribution >= 0.6 is 11.8 Å². The minimum atomic E-state index is -0.200. The lowest BCUT2D eigenvalue weighted by Crippen LogP contribution is -2.18. The van der Waals surface area contributed by atoms with Crippen LogP contribution in [0.3, 0.4) is 0 Å². The Balaban J connectivity index is 1.88. The van der Waals surface area contributed by atoms with Crippen LogP contribution in [0.2, 0.25) is 0 Å². The second kappa shape index (κ2) is 8.04. The molecule has 0 aromatic heterocycles. The van der Waals surface area contributed by atoms with Gasteiger partial charge in [-0.25, -0.2) is 4.39 Å². The van der Waals surface area contributed by atoms with Crippen molar-refractivity contribution in [1.82, 2.24) is 5.32 Å². The molecule has 0 aliphatic rings. The first kappa shape index (κ1) is 15.0. The van der Waals surface area contributed by atoms with E-state index in [1.54, 1.807) is 31.0 Å². The Morgan fingerprint density at radius 1 is 1.10 bits per heavy atom. The van der Waals surface area contributed by atoms with Gasteiger partial charge in [0.05, 0.1) is 6.61 Å². The summed E-state index contributed by atoms with van der Waals surface area (Å²) in [5, 5.41) is 3.30. The van der Waals surface area contributed by atoms with E-state index in [0.717, 1.165) is 22.9 Å². The summed E-state index contributed by atoms with van der Waals surface area (Å²) in [7, 11) is 1.69. The number of nitrogens with one attached hydrogen (secondary N) is 1. The summed E-state index contributed by atoms with van der Waals surface area (Å²) in [4.78, 5) is 2.02.